The lowest BCUT2D eigenvalue weighted by Crippen LogP contribution is -2.18. The van der Waals surface area contributed by atoms with E-state index in [1.165, 1.54) is 0 Å². The number of para-hydroxylation sites is 4. The fourth-order valence-corrected chi connectivity index (χ4v) is 10.7. The van der Waals surface area contributed by atoms with Crippen LogP contribution in [0.1, 0.15) is 0 Å². The summed E-state index contributed by atoms with van der Waals surface area (Å²) in [4.78, 5) is 30.2. The van der Waals surface area contributed by atoms with Gasteiger partial charge in [0.25, 0.3) is 0 Å². The van der Waals surface area contributed by atoms with Crippen LogP contribution in [-0.2, 0) is 0 Å². The molecule has 1 aliphatic heterocycles. The average Bonchev–Trinajstić information content (AvgIpc) is 3.99. The van der Waals surface area contributed by atoms with Gasteiger partial charge in [-0.2, -0.15) is 0 Å². The maximum Gasteiger partial charge on any atom is 0.235 e. The van der Waals surface area contributed by atoms with E-state index in [1.807, 2.05) is 103 Å². The lowest BCUT2D eigenvalue weighted by Gasteiger charge is -2.31. The second-order valence-corrected chi connectivity index (χ2v) is 17.9. The highest BCUT2D eigenvalue weighted by molar-refractivity contribution is 7.99. The van der Waals surface area contributed by atoms with Crippen LogP contribution in [0.2, 0.25) is 0 Å². The molecular weight excluding hydrogens is 857 g/mol. The molecule has 0 amide bonds. The molecule has 9 heteroatoms. The van der Waals surface area contributed by atoms with Gasteiger partial charge >= 0.3 is 0 Å². The molecule has 0 spiro atoms. The molecule has 13 aromatic rings. The van der Waals surface area contributed by atoms with Crippen molar-refractivity contribution in [1.29, 1.82) is 0 Å². The zero-order chi connectivity index (χ0) is 44.7. The second kappa shape index (κ2) is 15.3. The summed E-state index contributed by atoms with van der Waals surface area (Å²) in [7, 11) is 0. The zero-order valence-corrected chi connectivity index (χ0v) is 36.9. The topological polar surface area (TPSA) is 94.0 Å². The number of rotatable bonds is 6. The van der Waals surface area contributed by atoms with Crippen molar-refractivity contribution in [3.05, 3.63) is 206 Å². The number of hydrogen-bond acceptors (Lipinski definition) is 9. The molecule has 318 valence electrons. The van der Waals surface area contributed by atoms with Crippen molar-refractivity contribution in [3.63, 3.8) is 0 Å². The van der Waals surface area contributed by atoms with Crippen LogP contribution >= 0.6 is 11.8 Å². The first-order chi connectivity index (χ1) is 33.7. The number of furan rings is 2. The van der Waals surface area contributed by atoms with Gasteiger partial charge in [-0.15, -0.1) is 0 Å². The van der Waals surface area contributed by atoms with E-state index in [0.717, 1.165) is 115 Å². The Balaban J connectivity index is 0.906. The Labute approximate surface area is 393 Å². The molecule has 0 atom stereocenters. The fourth-order valence-electron chi connectivity index (χ4n) is 9.58. The summed E-state index contributed by atoms with van der Waals surface area (Å²) in [6.45, 7) is 0. The number of fused-ring (bicyclic) bond motifs is 9. The Bertz CT molecular complexity index is 4090. The van der Waals surface area contributed by atoms with Gasteiger partial charge < -0.3 is 8.83 Å². The Hall–Kier alpha value is -8.92. The number of aromatic nitrogens is 5. The van der Waals surface area contributed by atoms with Crippen LogP contribution in [0.15, 0.2) is 225 Å². The normalized spacial score (nSPS) is 12.3. The molecule has 0 saturated heterocycles. The van der Waals surface area contributed by atoms with Gasteiger partial charge in [0.1, 0.15) is 22.3 Å². The van der Waals surface area contributed by atoms with Crippen molar-refractivity contribution in [2.45, 2.75) is 9.79 Å². The second-order valence-electron chi connectivity index (χ2n) is 16.8. The van der Waals surface area contributed by atoms with Crippen LogP contribution in [0.4, 0.5) is 17.3 Å². The van der Waals surface area contributed by atoms with Crippen LogP contribution in [0.3, 0.4) is 0 Å². The van der Waals surface area contributed by atoms with Gasteiger partial charge in [0.15, 0.2) is 17.5 Å². The van der Waals surface area contributed by atoms with E-state index in [9.17, 15) is 0 Å². The molecule has 8 nitrogen and oxygen atoms in total. The minimum absolute atomic E-state index is 0.577. The lowest BCUT2D eigenvalue weighted by atomic mass is 10.00. The zero-order valence-electron chi connectivity index (χ0n) is 36.0. The molecule has 68 heavy (non-hydrogen) atoms. The first-order valence-electron chi connectivity index (χ1n) is 22.4. The van der Waals surface area contributed by atoms with Crippen LogP contribution in [0.25, 0.3) is 111 Å². The largest absolute Gasteiger partial charge is 0.456 e. The molecule has 0 N–H and O–H groups in total. The molecule has 4 aromatic heterocycles. The first-order valence-corrected chi connectivity index (χ1v) is 23.2. The van der Waals surface area contributed by atoms with Crippen molar-refractivity contribution < 1.29 is 8.83 Å². The fraction of sp³-hybridized carbons (Fsp3) is 0. The van der Waals surface area contributed by atoms with Crippen molar-refractivity contribution in [2.24, 2.45) is 0 Å². The van der Waals surface area contributed by atoms with E-state index in [2.05, 4.69) is 108 Å². The number of benzene rings is 9. The minimum Gasteiger partial charge on any atom is -0.456 e. The van der Waals surface area contributed by atoms with Crippen molar-refractivity contribution in [1.82, 2.24) is 24.9 Å². The molecule has 0 radical (unpaired) electrons. The van der Waals surface area contributed by atoms with Crippen molar-refractivity contribution >= 4 is 83.9 Å². The third-order valence-electron chi connectivity index (χ3n) is 12.7. The van der Waals surface area contributed by atoms with Gasteiger partial charge in [-0.1, -0.05) is 157 Å². The Morgan fingerprint density at radius 2 is 0.985 bits per heavy atom. The highest BCUT2D eigenvalue weighted by Crippen LogP contribution is 2.52. The summed E-state index contributed by atoms with van der Waals surface area (Å²) in [5.74, 6) is 2.37. The third-order valence-corrected chi connectivity index (χ3v) is 13.9. The summed E-state index contributed by atoms with van der Waals surface area (Å²) in [6, 6.07) is 70.4. The maximum atomic E-state index is 6.56. The highest BCUT2D eigenvalue weighted by Gasteiger charge is 2.29. The van der Waals surface area contributed by atoms with Gasteiger partial charge in [0, 0.05) is 59.0 Å². The summed E-state index contributed by atoms with van der Waals surface area (Å²) in [6.07, 6.45) is 0. The molecule has 9 aromatic carbocycles. The van der Waals surface area contributed by atoms with Gasteiger partial charge in [0.05, 0.1) is 22.6 Å². The van der Waals surface area contributed by atoms with Crippen LogP contribution < -0.4 is 4.90 Å². The number of anilines is 3. The lowest BCUT2D eigenvalue weighted by molar-refractivity contribution is 0.669. The van der Waals surface area contributed by atoms with Crippen molar-refractivity contribution in [3.8, 4) is 56.5 Å². The molecule has 0 saturated carbocycles. The highest BCUT2D eigenvalue weighted by atomic mass is 32.2. The van der Waals surface area contributed by atoms with Crippen LogP contribution in [-0.4, -0.2) is 24.9 Å². The molecular formula is C59H34N6O2S. The number of hydrogen-bond donors (Lipinski definition) is 0. The molecule has 0 fully saturated rings. The smallest absolute Gasteiger partial charge is 0.235 e. The summed E-state index contributed by atoms with van der Waals surface area (Å²) in [5, 5.41) is 5.01. The molecule has 5 heterocycles. The van der Waals surface area contributed by atoms with Gasteiger partial charge in [-0.25, -0.2) is 24.9 Å². The Morgan fingerprint density at radius 3 is 1.82 bits per heavy atom. The Morgan fingerprint density at radius 1 is 0.368 bits per heavy atom. The van der Waals surface area contributed by atoms with Crippen LogP contribution in [0.5, 0.6) is 0 Å². The molecule has 0 aliphatic carbocycles. The molecule has 1 aliphatic rings. The van der Waals surface area contributed by atoms with E-state index in [4.69, 9.17) is 33.8 Å². The maximum absolute atomic E-state index is 6.56. The molecule has 0 unspecified atom stereocenters. The van der Waals surface area contributed by atoms with Crippen molar-refractivity contribution in [2.75, 3.05) is 4.90 Å². The quantitative estimate of drug-likeness (QED) is 0.162. The summed E-state index contributed by atoms with van der Waals surface area (Å²) >= 11 is 1.75. The van der Waals surface area contributed by atoms with Crippen LogP contribution in [0, 0.1) is 0 Å². The average molecular weight is 891 g/mol. The van der Waals surface area contributed by atoms with E-state index >= 15 is 0 Å². The van der Waals surface area contributed by atoms with E-state index < -0.39 is 0 Å². The SMILES string of the molecule is c1ccc(-c2nc(-c3ccccc3)nc(-c3cccc4oc5ccc(-c6ccc7c(c6)Sc6ccccc6N7c6nc(-c7cccc8c7oc7ccccc78)c7ccccc7n6)cc5c34)n2)cc1. The third kappa shape index (κ3) is 6.21. The predicted molar refractivity (Wildman–Crippen MR) is 273 cm³/mol. The standard InChI is InChI=1S/C59H34N6O2S/c1-3-15-35(16-4-1)56-62-57(36-17-5-2-6-18-36)64-58(63-56)42-22-14-27-50-53(42)44-33-37(30-32-49(44)66-50)38-29-31-47-52(34-38)68-51-28-12-10-25-46(51)65(47)59-60-45-24-9-7-20-41(45)54(61-59)43-23-13-21-40-39-19-8-11-26-48(39)67-55(40)43/h1-34H. The van der Waals surface area contributed by atoms with Gasteiger partial charge in [-0.05, 0) is 71.8 Å². The number of nitrogens with zero attached hydrogens (tertiary/aromatic N) is 6. The predicted octanol–water partition coefficient (Wildman–Crippen LogP) is 15.9. The van der Waals surface area contributed by atoms with Gasteiger partial charge in [0.2, 0.25) is 5.95 Å². The monoisotopic (exact) mass is 890 g/mol. The van der Waals surface area contributed by atoms with Gasteiger partial charge in [-0.3, -0.25) is 4.90 Å². The first kappa shape index (κ1) is 38.4. The van der Waals surface area contributed by atoms with E-state index in [0.29, 0.717) is 23.4 Å². The minimum atomic E-state index is 0.577. The molecule has 14 rings (SSSR count). The van der Waals surface area contributed by atoms with E-state index in [-0.39, 0.29) is 0 Å². The molecule has 0 bridgehead atoms. The summed E-state index contributed by atoms with van der Waals surface area (Å²) < 4.78 is 13.1. The summed E-state index contributed by atoms with van der Waals surface area (Å²) in [5.41, 5.74) is 12.6. The van der Waals surface area contributed by atoms with E-state index in [1.54, 1.807) is 11.8 Å². The Kier molecular flexibility index (Phi) is 8.65.